The van der Waals surface area contributed by atoms with E-state index in [4.69, 9.17) is 4.42 Å². The van der Waals surface area contributed by atoms with E-state index in [2.05, 4.69) is 0 Å². The van der Waals surface area contributed by atoms with Gasteiger partial charge in [-0.25, -0.2) is 0 Å². The fourth-order valence-corrected chi connectivity index (χ4v) is 5.26. The third-order valence-electron chi connectivity index (χ3n) is 6.02. The maximum Gasteiger partial charge on any atom is 0.196 e. The van der Waals surface area contributed by atoms with Gasteiger partial charge in [-0.2, -0.15) is 0 Å². The van der Waals surface area contributed by atoms with E-state index in [-0.39, 0.29) is 39.6 Å². The number of thiophene rings is 1. The first-order valence-electron chi connectivity index (χ1n) is 9.75. The summed E-state index contributed by atoms with van der Waals surface area (Å²) in [5.41, 5.74) is -0.290. The Kier molecular flexibility index (Phi) is 4.62. The van der Waals surface area contributed by atoms with Crippen molar-refractivity contribution in [2.45, 2.75) is 45.4 Å². The molecule has 1 aromatic carbocycles. The highest BCUT2D eigenvalue weighted by molar-refractivity contribution is 7.18. The molecule has 2 heterocycles. The highest BCUT2D eigenvalue weighted by Crippen LogP contribution is 2.46. The van der Waals surface area contributed by atoms with Crippen molar-refractivity contribution in [2.24, 2.45) is 0 Å². The summed E-state index contributed by atoms with van der Waals surface area (Å²) >= 11 is 1.36. The number of ketones is 1. The van der Waals surface area contributed by atoms with E-state index in [1.165, 1.54) is 17.4 Å². The Hall–Kier alpha value is -2.86. The second-order valence-electron chi connectivity index (χ2n) is 7.28. The smallest absolute Gasteiger partial charge is 0.196 e. The van der Waals surface area contributed by atoms with Crippen molar-refractivity contribution >= 4 is 33.0 Å². The van der Waals surface area contributed by atoms with Gasteiger partial charge in [-0.1, -0.05) is 32.9 Å². The number of aliphatic hydroxyl groups is 1. The van der Waals surface area contributed by atoms with Crippen LogP contribution in [-0.4, -0.2) is 16.0 Å². The van der Waals surface area contributed by atoms with E-state index in [1.54, 1.807) is 19.1 Å². The van der Waals surface area contributed by atoms with Crippen molar-refractivity contribution in [1.82, 2.24) is 0 Å². The molecule has 0 aliphatic heterocycles. The van der Waals surface area contributed by atoms with Gasteiger partial charge in [0.2, 0.25) is 0 Å². The number of benzene rings is 1. The zero-order chi connectivity index (χ0) is 20.9. The Labute approximate surface area is 171 Å². The molecule has 1 aliphatic carbocycles. The van der Waals surface area contributed by atoms with Gasteiger partial charge in [-0.15, -0.1) is 11.3 Å². The Morgan fingerprint density at radius 1 is 1.10 bits per heavy atom. The minimum absolute atomic E-state index is 0.0938. The number of aliphatic hydroxyl groups excluding tert-OH is 1. The fourth-order valence-electron chi connectivity index (χ4n) is 4.29. The lowest BCUT2D eigenvalue weighted by atomic mass is 9.68. The van der Waals surface area contributed by atoms with E-state index in [0.717, 1.165) is 5.39 Å². The molecule has 1 aliphatic rings. The maximum atomic E-state index is 13.3. The molecule has 2 aromatic heterocycles. The number of fused-ring (bicyclic) bond motifs is 2. The van der Waals surface area contributed by atoms with Gasteiger partial charge in [0.05, 0.1) is 10.1 Å². The quantitative estimate of drug-likeness (QED) is 0.589. The van der Waals surface area contributed by atoms with Crippen LogP contribution in [0.1, 0.15) is 51.4 Å². The van der Waals surface area contributed by atoms with Gasteiger partial charge in [-0.05, 0) is 25.3 Å². The molecule has 29 heavy (non-hydrogen) atoms. The number of hydrogen-bond donors (Lipinski definition) is 2. The van der Waals surface area contributed by atoms with E-state index in [1.807, 2.05) is 25.3 Å². The van der Waals surface area contributed by atoms with Crippen LogP contribution < -0.4 is 5.43 Å². The number of carbonyl (C=O) groups excluding carboxylic acids is 1. The molecule has 0 fully saturated rings. The lowest BCUT2D eigenvalue weighted by molar-refractivity contribution is -0.122. The average molecular weight is 410 g/mol. The van der Waals surface area contributed by atoms with Crippen molar-refractivity contribution < 1.29 is 19.4 Å². The summed E-state index contributed by atoms with van der Waals surface area (Å²) in [6.07, 6.45) is 1.27. The monoisotopic (exact) mass is 410 g/mol. The van der Waals surface area contributed by atoms with Crippen LogP contribution in [0, 0.1) is 0 Å². The number of phenolic OH excluding ortho intramolecular Hbond substituents is 1. The van der Waals surface area contributed by atoms with Crippen LogP contribution in [0.3, 0.4) is 0 Å². The Morgan fingerprint density at radius 3 is 2.48 bits per heavy atom. The van der Waals surface area contributed by atoms with Crippen LogP contribution in [0.5, 0.6) is 5.75 Å². The summed E-state index contributed by atoms with van der Waals surface area (Å²) in [7, 11) is 0. The number of hydrogen-bond acceptors (Lipinski definition) is 6. The van der Waals surface area contributed by atoms with E-state index >= 15 is 0 Å². The van der Waals surface area contributed by atoms with Gasteiger partial charge < -0.3 is 14.6 Å². The predicted molar refractivity (Wildman–Crippen MR) is 115 cm³/mol. The highest BCUT2D eigenvalue weighted by Gasteiger charge is 2.48. The zero-order valence-corrected chi connectivity index (χ0v) is 17.4. The summed E-state index contributed by atoms with van der Waals surface area (Å²) in [6, 6.07) is 6.56. The normalized spacial score (nSPS) is 15.8. The molecule has 5 nitrogen and oxygen atoms in total. The standard InChI is InChI=1S/C23H22O5S/c1-4-12-19(26)18-16(25)10-17(28-22(18)23(5-2,6-3)21(12)27)14-11-29-20-13(14)8-7-9-15(20)24/h7-11,24,26H,4-6H2,1-3H3. The van der Waals surface area contributed by atoms with Gasteiger partial charge in [0.15, 0.2) is 11.2 Å². The molecule has 4 rings (SSSR count). The van der Waals surface area contributed by atoms with Gasteiger partial charge in [0.25, 0.3) is 0 Å². The van der Waals surface area contributed by atoms with Crippen molar-refractivity contribution in [1.29, 1.82) is 0 Å². The lowest BCUT2D eigenvalue weighted by Crippen LogP contribution is -2.41. The third-order valence-corrected chi connectivity index (χ3v) is 7.04. The van der Waals surface area contributed by atoms with Crippen molar-refractivity contribution in [3.05, 3.63) is 56.8 Å². The molecular weight excluding hydrogens is 388 g/mol. The van der Waals surface area contributed by atoms with Crippen LogP contribution in [0.15, 0.2) is 44.4 Å². The molecule has 2 N–H and O–H groups in total. The first-order valence-corrected chi connectivity index (χ1v) is 10.6. The van der Waals surface area contributed by atoms with Gasteiger partial charge in [0, 0.05) is 28.0 Å². The molecule has 150 valence electrons. The summed E-state index contributed by atoms with van der Waals surface area (Å²) in [4.78, 5) is 26.3. The third kappa shape index (κ3) is 2.59. The van der Waals surface area contributed by atoms with Crippen LogP contribution in [0.25, 0.3) is 27.2 Å². The first kappa shape index (κ1) is 19.5. The largest absolute Gasteiger partial charge is 0.507 e. The predicted octanol–water partition coefficient (Wildman–Crippen LogP) is 5.55. The maximum absolute atomic E-state index is 13.3. The van der Waals surface area contributed by atoms with E-state index in [0.29, 0.717) is 35.3 Å². The molecule has 0 unspecified atom stereocenters. The molecule has 0 amide bonds. The lowest BCUT2D eigenvalue weighted by Gasteiger charge is -2.35. The van der Waals surface area contributed by atoms with Crippen LogP contribution in [-0.2, 0) is 10.2 Å². The first-order chi connectivity index (χ1) is 13.9. The molecule has 6 heteroatoms. The SMILES string of the molecule is CCC1=C(O)c2c(oc(-c3csc4c(O)cccc34)cc2=O)C(CC)(CC)C1=O. The second kappa shape index (κ2) is 6.88. The van der Waals surface area contributed by atoms with Gasteiger partial charge in [0.1, 0.15) is 28.6 Å². The molecule has 0 saturated heterocycles. The molecule has 0 bridgehead atoms. The van der Waals surface area contributed by atoms with Gasteiger partial charge in [-0.3, -0.25) is 9.59 Å². The number of aromatic hydroxyl groups is 1. The minimum atomic E-state index is -0.976. The molecule has 0 spiro atoms. The number of phenols is 1. The molecule has 0 radical (unpaired) electrons. The molecule has 0 saturated carbocycles. The summed E-state index contributed by atoms with van der Waals surface area (Å²) < 4.78 is 6.92. The van der Waals surface area contributed by atoms with Gasteiger partial charge >= 0.3 is 0 Å². The zero-order valence-electron chi connectivity index (χ0n) is 16.5. The van der Waals surface area contributed by atoms with E-state index in [9.17, 15) is 19.8 Å². The van der Waals surface area contributed by atoms with Crippen LogP contribution in [0.2, 0.25) is 0 Å². The fraction of sp³-hybridized carbons (Fsp3) is 0.304. The highest BCUT2D eigenvalue weighted by atomic mass is 32.1. The summed E-state index contributed by atoms with van der Waals surface area (Å²) in [5.74, 6) is 0.293. The van der Waals surface area contributed by atoms with Crippen molar-refractivity contribution in [2.75, 3.05) is 0 Å². The van der Waals surface area contributed by atoms with Crippen LogP contribution in [0.4, 0.5) is 0 Å². The minimum Gasteiger partial charge on any atom is -0.507 e. The topological polar surface area (TPSA) is 87.7 Å². The van der Waals surface area contributed by atoms with Crippen LogP contribution >= 0.6 is 11.3 Å². The van der Waals surface area contributed by atoms with E-state index < -0.39 is 5.41 Å². The Morgan fingerprint density at radius 2 is 1.83 bits per heavy atom. The molecular formula is C23H22O5S. The number of carbonyl (C=O) groups is 1. The summed E-state index contributed by atoms with van der Waals surface area (Å²) in [6.45, 7) is 5.58. The Bertz CT molecular complexity index is 1220. The number of rotatable bonds is 4. The Balaban J connectivity index is 2.06. The molecule has 3 aromatic rings. The van der Waals surface area contributed by atoms with Crippen molar-refractivity contribution in [3.63, 3.8) is 0 Å². The second-order valence-corrected chi connectivity index (χ2v) is 8.16. The number of Topliss-reactive ketones (excluding diaryl/α,β-unsaturated/α-hetero) is 1. The van der Waals surface area contributed by atoms with Crippen molar-refractivity contribution in [3.8, 4) is 17.1 Å². The summed E-state index contributed by atoms with van der Waals surface area (Å²) in [5, 5.41) is 23.4. The number of allylic oxidation sites excluding steroid dienone is 1. The molecule has 0 atom stereocenters. The average Bonchev–Trinajstić information content (AvgIpc) is 3.14.